The van der Waals surface area contributed by atoms with Crippen molar-refractivity contribution in [2.45, 2.75) is 51.4 Å². The summed E-state index contributed by atoms with van der Waals surface area (Å²) in [5.41, 5.74) is 25.7. The Morgan fingerprint density at radius 1 is 0.400 bits per heavy atom. The zero-order valence-electron chi connectivity index (χ0n) is 45.6. The summed E-state index contributed by atoms with van der Waals surface area (Å²) < 4.78 is 30.0. The Morgan fingerprint density at radius 2 is 0.825 bits per heavy atom. The highest BCUT2D eigenvalue weighted by Crippen LogP contribution is 2.60. The van der Waals surface area contributed by atoms with Gasteiger partial charge in [0.15, 0.2) is 0 Å². The molecule has 0 spiro atoms. The smallest absolute Gasteiger partial charge is 0.123 e. The first kappa shape index (κ1) is 50.1. The minimum Gasteiger partial charge on any atom is -0.310 e. The van der Waals surface area contributed by atoms with Crippen molar-refractivity contribution in [2.75, 3.05) is 9.80 Å². The van der Waals surface area contributed by atoms with Crippen LogP contribution in [-0.2, 0) is 10.8 Å². The molecule has 0 amide bonds. The molecular weight excluding hydrogens is 979 g/mol. The van der Waals surface area contributed by atoms with Gasteiger partial charge in [0.25, 0.3) is 0 Å². The molecule has 0 saturated heterocycles. The number of hydrogen-bond acceptors (Lipinski definition) is 2. The number of rotatable bonds is 12. The molecule has 0 bridgehead atoms. The van der Waals surface area contributed by atoms with Gasteiger partial charge >= 0.3 is 0 Å². The Kier molecular flexibility index (Phi) is 12.4. The lowest BCUT2D eigenvalue weighted by Crippen LogP contribution is -2.31. The van der Waals surface area contributed by atoms with Crippen LogP contribution in [0.15, 0.2) is 249 Å². The fourth-order valence-electron chi connectivity index (χ4n) is 13.5. The van der Waals surface area contributed by atoms with Crippen LogP contribution in [0.1, 0.15) is 90.7 Å². The van der Waals surface area contributed by atoms with Crippen LogP contribution < -0.4 is 9.80 Å². The lowest BCUT2D eigenvalue weighted by Gasteiger charge is -2.38. The van der Waals surface area contributed by atoms with Gasteiger partial charge in [-0.25, -0.2) is 8.78 Å². The maximum Gasteiger partial charge on any atom is 0.123 e. The van der Waals surface area contributed by atoms with E-state index in [1.54, 1.807) is 0 Å². The highest BCUT2D eigenvalue weighted by atomic mass is 19.1. The van der Waals surface area contributed by atoms with Gasteiger partial charge in [-0.15, -0.1) is 0 Å². The second-order valence-corrected chi connectivity index (χ2v) is 21.8. The van der Waals surface area contributed by atoms with Crippen molar-refractivity contribution in [1.82, 2.24) is 0 Å². The van der Waals surface area contributed by atoms with E-state index in [0.717, 1.165) is 63.7 Å². The fraction of sp³-hybridized carbons (Fsp3) is 0.105. The molecular formula is C76H60F2N2. The average molecular weight is 1040 g/mol. The maximum atomic E-state index is 15.0. The molecule has 3 aliphatic rings. The fourth-order valence-corrected chi connectivity index (χ4v) is 13.5. The third-order valence-electron chi connectivity index (χ3n) is 17.2. The molecule has 0 aromatic heterocycles. The standard InChI is InChI=1S/C76H60F2N2/c1-7-53-21-25-55(26-22-53)75(71-45-49(3)17-19-51(71)5)69-15-11-9-13-65(69)67-43-41-63(47-73(67)75)79(59-33-29-57(77)30-34-59)61-37-39-62(40-38-61)80(60-35-31-58(78)32-36-60)64-42-44-68-66-14-10-12-16-70(66)76(74(68)48-64,56-27-23-54(8-2)24-28-56)72-46-50(4)18-20-52(72)6/h7-11,13-15,17-48H,1-2,12,16H2,3-6H3. The first-order valence-corrected chi connectivity index (χ1v) is 27.6. The second-order valence-electron chi connectivity index (χ2n) is 21.8. The SMILES string of the molecule is C=Cc1ccc(C2(c3cc(C)ccc3C)C3=C(C=CCC3)c3ccc(N(c4ccc(F)cc4)c4ccc(N(c5ccc(F)cc5)c5ccc6c(c5)C(c5ccc(C=C)cc5)(c5cc(C)ccc5C)c5ccccc5-6)cc4)cc32)cc1. The molecule has 388 valence electrons. The summed E-state index contributed by atoms with van der Waals surface area (Å²) in [4.78, 5) is 4.45. The molecule has 2 unspecified atom stereocenters. The van der Waals surface area contributed by atoms with Crippen LogP contribution in [0.3, 0.4) is 0 Å². The zero-order chi connectivity index (χ0) is 54.9. The van der Waals surface area contributed by atoms with Crippen molar-refractivity contribution >= 4 is 51.8 Å². The minimum absolute atomic E-state index is 0.304. The number of anilines is 6. The Labute approximate surface area is 469 Å². The number of fused-ring (bicyclic) bond motifs is 5. The molecule has 10 aromatic carbocycles. The number of benzene rings is 10. The summed E-state index contributed by atoms with van der Waals surface area (Å²) in [7, 11) is 0. The molecule has 0 fully saturated rings. The molecule has 0 aliphatic heterocycles. The quantitative estimate of drug-likeness (QED) is 0.120. The number of nitrogens with zero attached hydrogens (tertiary/aromatic N) is 2. The van der Waals surface area contributed by atoms with E-state index in [1.807, 2.05) is 36.4 Å². The van der Waals surface area contributed by atoms with Crippen LogP contribution in [0.5, 0.6) is 0 Å². The molecule has 0 radical (unpaired) electrons. The van der Waals surface area contributed by atoms with Crippen LogP contribution in [0.2, 0.25) is 0 Å². The Bertz CT molecular complexity index is 4150. The maximum absolute atomic E-state index is 15.0. The summed E-state index contributed by atoms with van der Waals surface area (Å²) in [6.45, 7) is 17.0. The average Bonchev–Trinajstić information content (AvgIpc) is 4.17. The second kappa shape index (κ2) is 19.8. The van der Waals surface area contributed by atoms with Crippen LogP contribution >= 0.6 is 0 Å². The molecule has 0 saturated carbocycles. The predicted molar refractivity (Wildman–Crippen MR) is 330 cm³/mol. The van der Waals surface area contributed by atoms with Gasteiger partial charge in [-0.05, 0) is 227 Å². The number of halogens is 2. The molecule has 2 nitrogen and oxygen atoms in total. The van der Waals surface area contributed by atoms with Gasteiger partial charge in [0.05, 0.1) is 10.8 Å². The molecule has 4 heteroatoms. The van der Waals surface area contributed by atoms with Crippen molar-refractivity contribution in [3.63, 3.8) is 0 Å². The van der Waals surface area contributed by atoms with Gasteiger partial charge in [0.2, 0.25) is 0 Å². The van der Waals surface area contributed by atoms with E-state index in [4.69, 9.17) is 0 Å². The van der Waals surface area contributed by atoms with E-state index in [9.17, 15) is 8.78 Å². The molecule has 0 N–H and O–H groups in total. The van der Waals surface area contributed by atoms with E-state index in [2.05, 4.69) is 233 Å². The Morgan fingerprint density at radius 3 is 1.34 bits per heavy atom. The van der Waals surface area contributed by atoms with Gasteiger partial charge in [-0.2, -0.15) is 0 Å². The lowest BCUT2D eigenvalue weighted by molar-refractivity contribution is 0.627. The molecule has 10 aromatic rings. The summed E-state index contributed by atoms with van der Waals surface area (Å²) in [5, 5.41) is 0. The highest BCUT2D eigenvalue weighted by Gasteiger charge is 2.49. The van der Waals surface area contributed by atoms with Crippen LogP contribution in [0.4, 0.5) is 42.9 Å². The number of hydrogen-bond donors (Lipinski definition) is 0. The van der Waals surface area contributed by atoms with Gasteiger partial charge in [-0.3, -0.25) is 0 Å². The third kappa shape index (κ3) is 7.95. The van der Waals surface area contributed by atoms with E-state index in [-0.39, 0.29) is 11.6 Å². The summed E-state index contributed by atoms with van der Waals surface area (Å²) in [5.74, 6) is -0.613. The van der Waals surface area contributed by atoms with Crippen molar-refractivity contribution in [1.29, 1.82) is 0 Å². The van der Waals surface area contributed by atoms with Gasteiger partial charge in [0.1, 0.15) is 11.6 Å². The third-order valence-corrected chi connectivity index (χ3v) is 17.2. The normalized spacial score (nSPS) is 16.6. The van der Waals surface area contributed by atoms with E-state index in [1.165, 1.54) is 108 Å². The molecule has 13 rings (SSSR count). The van der Waals surface area contributed by atoms with E-state index >= 15 is 0 Å². The predicted octanol–water partition coefficient (Wildman–Crippen LogP) is 20.2. The van der Waals surface area contributed by atoms with E-state index < -0.39 is 10.8 Å². The summed E-state index contributed by atoms with van der Waals surface area (Å²) in [6, 6.07) is 76.0. The molecule has 80 heavy (non-hydrogen) atoms. The van der Waals surface area contributed by atoms with Gasteiger partial charge < -0.3 is 9.80 Å². The van der Waals surface area contributed by atoms with E-state index in [0.29, 0.717) is 0 Å². The summed E-state index contributed by atoms with van der Waals surface area (Å²) in [6.07, 6.45) is 10.3. The molecule has 0 heterocycles. The Balaban J connectivity index is 0.991. The molecule has 3 aliphatic carbocycles. The van der Waals surface area contributed by atoms with Crippen LogP contribution in [-0.4, -0.2) is 0 Å². The largest absolute Gasteiger partial charge is 0.310 e. The highest BCUT2D eigenvalue weighted by molar-refractivity contribution is 5.94. The van der Waals surface area contributed by atoms with Gasteiger partial charge in [-0.1, -0.05) is 170 Å². The number of aryl methyl sites for hydroxylation is 4. The molecule has 2 atom stereocenters. The monoisotopic (exact) mass is 1040 g/mol. The van der Waals surface area contributed by atoms with Crippen LogP contribution in [0.25, 0.3) is 28.9 Å². The first-order chi connectivity index (χ1) is 39.0. The zero-order valence-corrected chi connectivity index (χ0v) is 45.6. The van der Waals surface area contributed by atoms with Crippen molar-refractivity contribution in [3.05, 3.63) is 339 Å². The first-order valence-electron chi connectivity index (χ1n) is 27.6. The van der Waals surface area contributed by atoms with Crippen LogP contribution in [0, 0.1) is 39.3 Å². The summed E-state index contributed by atoms with van der Waals surface area (Å²) >= 11 is 0. The van der Waals surface area contributed by atoms with Gasteiger partial charge in [0, 0.05) is 34.1 Å². The Hall–Kier alpha value is -9.38. The number of allylic oxidation sites excluding steroid dienone is 4. The van der Waals surface area contributed by atoms with Crippen molar-refractivity contribution < 1.29 is 8.78 Å². The van der Waals surface area contributed by atoms with Crippen molar-refractivity contribution in [3.8, 4) is 11.1 Å². The minimum atomic E-state index is -0.669. The lowest BCUT2D eigenvalue weighted by atomic mass is 9.64. The topological polar surface area (TPSA) is 6.48 Å². The van der Waals surface area contributed by atoms with Crippen molar-refractivity contribution in [2.24, 2.45) is 0 Å².